The first-order valence-electron chi connectivity index (χ1n) is 7.02. The van der Waals surface area contributed by atoms with Crippen molar-refractivity contribution in [3.8, 4) is 0 Å². The zero-order valence-electron chi connectivity index (χ0n) is 13.3. The monoisotopic (exact) mass is 275 g/mol. The van der Waals surface area contributed by atoms with Gasteiger partial charge in [-0.3, -0.25) is 0 Å². The number of rotatable bonds is 5. The van der Waals surface area contributed by atoms with Crippen LogP contribution in [-0.2, 0) is 9.53 Å². The van der Waals surface area contributed by atoms with Gasteiger partial charge in [-0.25, -0.2) is 4.79 Å². The van der Waals surface area contributed by atoms with E-state index < -0.39 is 0 Å². The van der Waals surface area contributed by atoms with E-state index in [4.69, 9.17) is 0 Å². The Labute approximate surface area is 122 Å². The summed E-state index contributed by atoms with van der Waals surface area (Å²) < 4.78 is 4.66. The second kappa shape index (κ2) is 7.13. The zero-order valence-corrected chi connectivity index (χ0v) is 13.3. The summed E-state index contributed by atoms with van der Waals surface area (Å²) in [5, 5.41) is 3.37. The fourth-order valence-corrected chi connectivity index (χ4v) is 2.16. The minimum atomic E-state index is -0.344. The average Bonchev–Trinajstić information content (AvgIpc) is 2.37. The smallest absolute Gasteiger partial charge is 0.332 e. The van der Waals surface area contributed by atoms with E-state index in [0.29, 0.717) is 11.8 Å². The minimum absolute atomic E-state index is 0.344. The molecule has 0 aromatic heterocycles. The molecule has 0 radical (unpaired) electrons. The number of nitrogens with one attached hydrogen (secondary N) is 1. The molecule has 1 aromatic carbocycles. The number of hydrogen-bond donors (Lipinski definition) is 1. The molecule has 0 heterocycles. The molecule has 0 aliphatic rings. The third kappa shape index (κ3) is 4.12. The van der Waals surface area contributed by atoms with Crippen molar-refractivity contribution < 1.29 is 9.53 Å². The predicted octanol–water partition coefficient (Wildman–Crippen LogP) is 4.42. The van der Waals surface area contributed by atoms with Gasteiger partial charge in [0.15, 0.2) is 0 Å². The molecule has 0 fully saturated rings. The molecule has 1 rings (SSSR count). The molecule has 0 saturated heterocycles. The Balaban J connectivity index is 3.20. The number of carbonyl (C=O) groups is 1. The van der Waals surface area contributed by atoms with Gasteiger partial charge in [0.2, 0.25) is 0 Å². The Kier molecular flexibility index (Phi) is 5.81. The van der Waals surface area contributed by atoms with E-state index in [1.54, 1.807) is 0 Å². The maximum absolute atomic E-state index is 11.3. The van der Waals surface area contributed by atoms with Gasteiger partial charge in [-0.1, -0.05) is 45.9 Å². The number of allylic oxidation sites excluding steroid dienone is 1. The molecule has 0 unspecified atom stereocenters. The standard InChI is InChI=1S/C17H25NO2/c1-11(2)14-8-7-9-15(12(3)4)17(14)18-13(5)10-16(19)20-6/h7-12,18H,1-6H3/b13-10+. The van der Waals surface area contributed by atoms with Gasteiger partial charge < -0.3 is 10.1 Å². The van der Waals surface area contributed by atoms with E-state index in [1.807, 2.05) is 6.92 Å². The highest BCUT2D eigenvalue weighted by Gasteiger charge is 2.13. The highest BCUT2D eigenvalue weighted by Crippen LogP contribution is 2.33. The van der Waals surface area contributed by atoms with Gasteiger partial charge in [-0.05, 0) is 29.9 Å². The van der Waals surface area contributed by atoms with Crippen molar-refractivity contribution in [3.63, 3.8) is 0 Å². The molecule has 0 aliphatic heterocycles. The Morgan fingerprint density at radius 1 is 1.15 bits per heavy atom. The lowest BCUT2D eigenvalue weighted by Crippen LogP contribution is -2.08. The number of esters is 1. The van der Waals surface area contributed by atoms with Crippen molar-refractivity contribution in [2.75, 3.05) is 12.4 Å². The molecule has 110 valence electrons. The molecule has 0 bridgehead atoms. The van der Waals surface area contributed by atoms with Crippen LogP contribution in [0.15, 0.2) is 30.0 Å². The number of methoxy groups -OCH3 is 1. The van der Waals surface area contributed by atoms with Gasteiger partial charge in [0, 0.05) is 17.5 Å². The Bertz CT molecular complexity index is 475. The first-order chi connectivity index (χ1) is 9.36. The van der Waals surface area contributed by atoms with Gasteiger partial charge >= 0.3 is 5.97 Å². The van der Waals surface area contributed by atoms with Crippen LogP contribution in [0, 0.1) is 0 Å². The van der Waals surface area contributed by atoms with Crippen molar-refractivity contribution in [3.05, 3.63) is 41.1 Å². The van der Waals surface area contributed by atoms with Crippen molar-refractivity contribution >= 4 is 11.7 Å². The molecule has 3 nitrogen and oxygen atoms in total. The summed E-state index contributed by atoms with van der Waals surface area (Å²) >= 11 is 0. The van der Waals surface area contributed by atoms with Crippen molar-refractivity contribution in [2.24, 2.45) is 0 Å². The van der Waals surface area contributed by atoms with Crippen molar-refractivity contribution in [2.45, 2.75) is 46.5 Å². The largest absolute Gasteiger partial charge is 0.466 e. The fourth-order valence-electron chi connectivity index (χ4n) is 2.16. The molecular formula is C17H25NO2. The van der Waals surface area contributed by atoms with Crippen LogP contribution in [-0.4, -0.2) is 13.1 Å². The quantitative estimate of drug-likeness (QED) is 0.638. The van der Waals surface area contributed by atoms with E-state index in [1.165, 1.54) is 24.3 Å². The van der Waals surface area contributed by atoms with Crippen LogP contribution in [0.25, 0.3) is 0 Å². The molecule has 0 spiro atoms. The lowest BCUT2D eigenvalue weighted by atomic mass is 9.92. The van der Waals surface area contributed by atoms with Gasteiger partial charge in [0.05, 0.1) is 7.11 Å². The first-order valence-corrected chi connectivity index (χ1v) is 7.02. The number of para-hydroxylation sites is 1. The van der Waals surface area contributed by atoms with Crippen LogP contribution in [0.5, 0.6) is 0 Å². The zero-order chi connectivity index (χ0) is 15.3. The number of ether oxygens (including phenoxy) is 1. The minimum Gasteiger partial charge on any atom is -0.466 e. The Morgan fingerprint density at radius 3 is 2.05 bits per heavy atom. The summed E-state index contributed by atoms with van der Waals surface area (Å²) in [6, 6.07) is 6.35. The van der Waals surface area contributed by atoms with Crippen molar-refractivity contribution in [1.82, 2.24) is 0 Å². The maximum Gasteiger partial charge on any atom is 0.332 e. The molecule has 3 heteroatoms. The molecular weight excluding hydrogens is 250 g/mol. The maximum atomic E-state index is 11.3. The summed E-state index contributed by atoms with van der Waals surface area (Å²) in [7, 11) is 1.38. The number of carbonyl (C=O) groups excluding carboxylic acids is 1. The van der Waals surface area contributed by atoms with Gasteiger partial charge in [0.25, 0.3) is 0 Å². The highest BCUT2D eigenvalue weighted by atomic mass is 16.5. The van der Waals surface area contributed by atoms with E-state index in [2.05, 4.69) is 55.9 Å². The highest BCUT2D eigenvalue weighted by molar-refractivity contribution is 5.83. The first kappa shape index (κ1) is 16.3. The van der Waals surface area contributed by atoms with E-state index in [9.17, 15) is 4.79 Å². The van der Waals surface area contributed by atoms with Crippen molar-refractivity contribution in [1.29, 1.82) is 0 Å². The SMILES string of the molecule is COC(=O)/C=C(\C)Nc1c(C(C)C)cccc1C(C)C. The fraction of sp³-hybridized carbons (Fsp3) is 0.471. The molecule has 0 saturated carbocycles. The van der Waals surface area contributed by atoms with Gasteiger partial charge in [-0.2, -0.15) is 0 Å². The normalized spacial score (nSPS) is 11.9. The molecule has 0 atom stereocenters. The van der Waals surface area contributed by atoms with E-state index in [-0.39, 0.29) is 5.97 Å². The third-order valence-corrected chi connectivity index (χ3v) is 3.23. The lowest BCUT2D eigenvalue weighted by molar-refractivity contribution is -0.134. The molecule has 0 amide bonds. The van der Waals surface area contributed by atoms with Crippen LogP contribution < -0.4 is 5.32 Å². The Hall–Kier alpha value is -1.77. The second-order valence-corrected chi connectivity index (χ2v) is 5.60. The van der Waals surface area contributed by atoms with Crippen LogP contribution in [0.1, 0.15) is 57.6 Å². The van der Waals surface area contributed by atoms with E-state index in [0.717, 1.165) is 11.4 Å². The topological polar surface area (TPSA) is 38.3 Å². The second-order valence-electron chi connectivity index (χ2n) is 5.60. The molecule has 0 aliphatic carbocycles. The van der Waals surface area contributed by atoms with Crippen LogP contribution in [0.2, 0.25) is 0 Å². The van der Waals surface area contributed by atoms with Crippen LogP contribution in [0.4, 0.5) is 5.69 Å². The van der Waals surface area contributed by atoms with Gasteiger partial charge in [0.1, 0.15) is 0 Å². The van der Waals surface area contributed by atoms with Crippen LogP contribution in [0.3, 0.4) is 0 Å². The van der Waals surface area contributed by atoms with E-state index >= 15 is 0 Å². The summed E-state index contributed by atoms with van der Waals surface area (Å²) in [5.74, 6) is 0.493. The summed E-state index contributed by atoms with van der Waals surface area (Å²) in [6.07, 6.45) is 1.47. The lowest BCUT2D eigenvalue weighted by Gasteiger charge is -2.21. The molecule has 20 heavy (non-hydrogen) atoms. The van der Waals surface area contributed by atoms with Crippen LogP contribution >= 0.6 is 0 Å². The van der Waals surface area contributed by atoms with Gasteiger partial charge in [-0.15, -0.1) is 0 Å². The average molecular weight is 275 g/mol. The molecule has 1 aromatic rings. The number of hydrogen-bond acceptors (Lipinski definition) is 3. The summed E-state index contributed by atoms with van der Waals surface area (Å²) in [4.78, 5) is 11.3. The summed E-state index contributed by atoms with van der Waals surface area (Å²) in [5.41, 5.74) is 4.41. The third-order valence-electron chi connectivity index (χ3n) is 3.23. The summed E-state index contributed by atoms with van der Waals surface area (Å²) in [6.45, 7) is 10.6. The molecule has 1 N–H and O–H groups in total. The Morgan fingerprint density at radius 2 is 1.65 bits per heavy atom. The predicted molar refractivity (Wildman–Crippen MR) is 84.0 cm³/mol. The number of anilines is 1. The number of benzene rings is 1.